The molecule has 1 aliphatic heterocycles. The summed E-state index contributed by atoms with van der Waals surface area (Å²) >= 11 is 12.3. The standard InChI is InChI=1S/C28H21Cl2N3O6/c1-39-19-6-8-23-21(13-19)16(14-31-23)9-10-32-25(15-3-2-4-18(11-15)33(37)38)24(27(35)28(32)36)26(34)20-7-5-17(29)12-22(20)30/h2-8,11-14,25,31,34H,9-10H2,1H3/b26-24-. The van der Waals surface area contributed by atoms with Crippen molar-refractivity contribution in [1.29, 1.82) is 0 Å². The maximum Gasteiger partial charge on any atom is 0.295 e. The van der Waals surface area contributed by atoms with Crippen molar-refractivity contribution in [3.8, 4) is 5.75 Å². The lowest BCUT2D eigenvalue weighted by molar-refractivity contribution is -0.384. The fraction of sp³-hybridized carbons (Fsp3) is 0.143. The molecule has 1 unspecified atom stereocenters. The van der Waals surface area contributed by atoms with Gasteiger partial charge in [0.15, 0.2) is 0 Å². The number of ketones is 1. The van der Waals surface area contributed by atoms with E-state index in [1.54, 1.807) is 13.2 Å². The minimum atomic E-state index is -1.09. The number of hydrogen-bond donors (Lipinski definition) is 2. The number of carbonyl (C=O) groups excluding carboxylic acids is 2. The average Bonchev–Trinajstić information content (AvgIpc) is 3.44. The van der Waals surface area contributed by atoms with Crippen LogP contribution in [0.5, 0.6) is 5.75 Å². The van der Waals surface area contributed by atoms with E-state index >= 15 is 0 Å². The number of rotatable bonds is 7. The lowest BCUT2D eigenvalue weighted by Gasteiger charge is -2.25. The third-order valence-electron chi connectivity index (χ3n) is 6.72. The molecule has 2 N–H and O–H groups in total. The zero-order valence-corrected chi connectivity index (χ0v) is 22.0. The second-order valence-corrected chi connectivity index (χ2v) is 9.79. The number of aromatic nitrogens is 1. The Balaban J connectivity index is 1.60. The van der Waals surface area contributed by atoms with Crippen LogP contribution in [0.1, 0.15) is 22.7 Å². The van der Waals surface area contributed by atoms with Crippen LogP contribution in [0.25, 0.3) is 16.7 Å². The van der Waals surface area contributed by atoms with Crippen molar-refractivity contribution >= 4 is 57.2 Å². The van der Waals surface area contributed by atoms with Crippen molar-refractivity contribution in [2.45, 2.75) is 12.5 Å². The van der Waals surface area contributed by atoms with Gasteiger partial charge in [-0.05, 0) is 53.9 Å². The van der Waals surface area contributed by atoms with E-state index in [0.29, 0.717) is 22.8 Å². The number of aliphatic hydroxyl groups excluding tert-OH is 1. The minimum Gasteiger partial charge on any atom is -0.507 e. The summed E-state index contributed by atoms with van der Waals surface area (Å²) in [5.41, 5.74) is 1.73. The SMILES string of the molecule is COc1ccc2[nH]cc(CCN3C(=O)C(=O)/C(=C(\O)c4ccc(Cl)cc4Cl)C3c3cccc([N+](=O)[O-])c3)c2c1. The van der Waals surface area contributed by atoms with E-state index in [0.717, 1.165) is 16.5 Å². The third-order valence-corrected chi connectivity index (χ3v) is 7.27. The summed E-state index contributed by atoms with van der Waals surface area (Å²) in [6, 6.07) is 14.5. The van der Waals surface area contributed by atoms with E-state index < -0.39 is 28.4 Å². The number of ether oxygens (including phenoxy) is 1. The van der Waals surface area contributed by atoms with Gasteiger partial charge in [0.2, 0.25) is 0 Å². The van der Waals surface area contributed by atoms with Gasteiger partial charge < -0.3 is 19.7 Å². The number of hydrogen-bond acceptors (Lipinski definition) is 6. The van der Waals surface area contributed by atoms with Crippen molar-refractivity contribution in [3.05, 3.63) is 109 Å². The van der Waals surface area contributed by atoms with E-state index in [4.69, 9.17) is 27.9 Å². The third kappa shape index (κ3) is 4.82. The molecule has 0 aliphatic carbocycles. The van der Waals surface area contributed by atoms with E-state index in [1.807, 2.05) is 24.4 Å². The highest BCUT2D eigenvalue weighted by molar-refractivity contribution is 6.47. The van der Waals surface area contributed by atoms with Crippen molar-refractivity contribution in [2.24, 2.45) is 0 Å². The lowest BCUT2D eigenvalue weighted by Crippen LogP contribution is -2.31. The topological polar surface area (TPSA) is 126 Å². The van der Waals surface area contributed by atoms with Gasteiger partial charge in [0.25, 0.3) is 17.4 Å². The number of carbonyl (C=O) groups is 2. The summed E-state index contributed by atoms with van der Waals surface area (Å²) in [7, 11) is 1.57. The molecule has 0 saturated carbocycles. The molecule has 0 spiro atoms. The summed E-state index contributed by atoms with van der Waals surface area (Å²) in [4.78, 5) is 42.1. The second-order valence-electron chi connectivity index (χ2n) is 8.94. The Morgan fingerprint density at radius 3 is 2.64 bits per heavy atom. The number of benzene rings is 3. The average molecular weight is 566 g/mol. The number of aromatic amines is 1. The Bertz CT molecular complexity index is 1680. The maximum atomic E-state index is 13.3. The molecular formula is C28H21Cl2N3O6. The first-order valence-corrected chi connectivity index (χ1v) is 12.6. The maximum absolute atomic E-state index is 13.3. The molecular weight excluding hydrogens is 545 g/mol. The summed E-state index contributed by atoms with van der Waals surface area (Å²) in [5.74, 6) is -1.59. The Labute approximate surface area is 232 Å². The van der Waals surface area contributed by atoms with Crippen LogP contribution in [0.2, 0.25) is 10.0 Å². The van der Waals surface area contributed by atoms with Crippen LogP contribution in [0.3, 0.4) is 0 Å². The number of non-ortho nitro benzene ring substituents is 1. The number of aliphatic hydroxyl groups is 1. The molecule has 1 aliphatic rings. The predicted molar refractivity (Wildman–Crippen MR) is 147 cm³/mol. The molecule has 1 saturated heterocycles. The molecule has 9 nitrogen and oxygen atoms in total. The van der Waals surface area contributed by atoms with Crippen molar-refractivity contribution in [3.63, 3.8) is 0 Å². The van der Waals surface area contributed by atoms with E-state index in [1.165, 1.54) is 41.3 Å². The van der Waals surface area contributed by atoms with Gasteiger partial charge in [0.05, 0.1) is 28.7 Å². The largest absolute Gasteiger partial charge is 0.507 e. The van der Waals surface area contributed by atoms with Gasteiger partial charge in [-0.2, -0.15) is 0 Å². The highest BCUT2D eigenvalue weighted by Gasteiger charge is 2.46. The van der Waals surface area contributed by atoms with Crippen LogP contribution in [0, 0.1) is 10.1 Å². The van der Waals surface area contributed by atoms with Crippen LogP contribution in [0.15, 0.2) is 72.4 Å². The molecule has 39 heavy (non-hydrogen) atoms. The van der Waals surface area contributed by atoms with E-state index in [2.05, 4.69) is 4.98 Å². The molecule has 4 aromatic rings. The van der Waals surface area contributed by atoms with Crippen LogP contribution >= 0.6 is 23.2 Å². The number of likely N-dealkylation sites (tertiary alicyclic amines) is 1. The zero-order valence-electron chi connectivity index (χ0n) is 20.5. The molecule has 1 amide bonds. The monoisotopic (exact) mass is 565 g/mol. The smallest absolute Gasteiger partial charge is 0.295 e. The molecule has 2 heterocycles. The first-order valence-electron chi connectivity index (χ1n) is 11.8. The molecule has 1 atom stereocenters. The van der Waals surface area contributed by atoms with Crippen molar-refractivity contribution in [1.82, 2.24) is 9.88 Å². The fourth-order valence-electron chi connectivity index (χ4n) is 4.82. The summed E-state index contributed by atoms with van der Waals surface area (Å²) < 4.78 is 5.33. The molecule has 198 valence electrons. The van der Waals surface area contributed by atoms with E-state index in [9.17, 15) is 24.8 Å². The number of Topliss-reactive ketones (excluding diaryl/α,β-unsaturated/α-hetero) is 1. The summed E-state index contributed by atoms with van der Waals surface area (Å²) in [6.45, 7) is 0.0905. The molecule has 0 radical (unpaired) electrons. The van der Waals surface area contributed by atoms with Gasteiger partial charge >= 0.3 is 0 Å². The number of halogens is 2. The number of nitro groups is 1. The molecule has 1 aromatic heterocycles. The molecule has 5 rings (SSSR count). The summed E-state index contributed by atoms with van der Waals surface area (Å²) in [5, 5.41) is 24.1. The number of nitrogens with one attached hydrogen (secondary N) is 1. The van der Waals surface area contributed by atoms with E-state index in [-0.39, 0.29) is 28.4 Å². The normalized spacial score (nSPS) is 16.7. The van der Waals surface area contributed by atoms with Gasteiger partial charge in [-0.1, -0.05) is 35.3 Å². The molecule has 11 heteroatoms. The number of H-pyrrole nitrogens is 1. The molecule has 1 fully saturated rings. The van der Waals surface area contributed by atoms with Crippen LogP contribution in [-0.4, -0.2) is 45.3 Å². The number of amides is 1. The van der Waals surface area contributed by atoms with Gasteiger partial charge in [0, 0.05) is 46.4 Å². The Kier molecular flexibility index (Phi) is 7.03. The molecule has 0 bridgehead atoms. The van der Waals surface area contributed by atoms with Crippen molar-refractivity contribution in [2.75, 3.05) is 13.7 Å². The van der Waals surface area contributed by atoms with Gasteiger partial charge in [0.1, 0.15) is 11.5 Å². The number of fused-ring (bicyclic) bond motifs is 1. The number of nitro benzene ring substituents is 1. The highest BCUT2D eigenvalue weighted by Crippen LogP contribution is 2.41. The fourth-order valence-corrected chi connectivity index (χ4v) is 5.32. The second kappa shape index (κ2) is 10.4. The van der Waals surface area contributed by atoms with Gasteiger partial charge in [-0.3, -0.25) is 19.7 Å². The first-order chi connectivity index (χ1) is 18.7. The number of nitrogens with zero attached hydrogens (tertiary/aromatic N) is 2. The highest BCUT2D eigenvalue weighted by atomic mass is 35.5. The molecule has 3 aromatic carbocycles. The van der Waals surface area contributed by atoms with Crippen molar-refractivity contribution < 1.29 is 24.4 Å². The van der Waals surface area contributed by atoms with Gasteiger partial charge in [-0.25, -0.2) is 0 Å². The van der Waals surface area contributed by atoms with Crippen LogP contribution in [0.4, 0.5) is 5.69 Å². The quantitative estimate of drug-likeness (QED) is 0.0922. The number of methoxy groups -OCH3 is 1. The summed E-state index contributed by atoms with van der Waals surface area (Å²) in [6.07, 6.45) is 2.17. The minimum absolute atomic E-state index is 0.0803. The van der Waals surface area contributed by atoms with Gasteiger partial charge in [-0.15, -0.1) is 0 Å². The lowest BCUT2D eigenvalue weighted by atomic mass is 9.94. The Morgan fingerprint density at radius 1 is 1.13 bits per heavy atom. The first kappa shape index (κ1) is 26.3. The zero-order chi connectivity index (χ0) is 27.8. The Morgan fingerprint density at radius 2 is 1.92 bits per heavy atom. The predicted octanol–water partition coefficient (Wildman–Crippen LogP) is 6.06. The van der Waals surface area contributed by atoms with Crippen LogP contribution in [-0.2, 0) is 16.0 Å². The Hall–Kier alpha value is -4.34. The van der Waals surface area contributed by atoms with Crippen LogP contribution < -0.4 is 4.74 Å².